The predicted molar refractivity (Wildman–Crippen MR) is 74.2 cm³/mol. The highest BCUT2D eigenvalue weighted by atomic mass is 35.5. The van der Waals surface area contributed by atoms with Crippen molar-refractivity contribution in [2.75, 3.05) is 0 Å². The first-order chi connectivity index (χ1) is 9.90. The zero-order valence-electron chi connectivity index (χ0n) is 10.5. The Morgan fingerprint density at radius 2 is 1.81 bits per heavy atom. The second kappa shape index (κ2) is 5.98. The van der Waals surface area contributed by atoms with Crippen molar-refractivity contribution in [3.63, 3.8) is 0 Å². The number of hydrogen-bond acceptors (Lipinski definition) is 2. The molecule has 0 spiro atoms. The standard InChI is InChI=1S/C15H8ClF3N2/c16-13-5-6-14(21-9-13)11(8-20)7-10-1-3-12(4-2-10)15(17,18)19/h1-7,9H/b11-7+. The molecule has 0 atom stereocenters. The third-order valence-corrected chi connectivity index (χ3v) is 2.90. The lowest BCUT2D eigenvalue weighted by molar-refractivity contribution is -0.137. The number of aromatic nitrogens is 1. The molecule has 0 aliphatic heterocycles. The molecular weight excluding hydrogens is 301 g/mol. The van der Waals surface area contributed by atoms with Gasteiger partial charge in [-0.05, 0) is 35.9 Å². The van der Waals surface area contributed by atoms with Gasteiger partial charge in [-0.1, -0.05) is 23.7 Å². The molecule has 0 bridgehead atoms. The third kappa shape index (κ3) is 3.83. The molecule has 2 rings (SSSR count). The summed E-state index contributed by atoms with van der Waals surface area (Å²) in [5.74, 6) is 0. The van der Waals surface area contributed by atoms with E-state index >= 15 is 0 Å². The van der Waals surface area contributed by atoms with Crippen LogP contribution in [0.15, 0.2) is 42.6 Å². The highest BCUT2D eigenvalue weighted by Crippen LogP contribution is 2.29. The van der Waals surface area contributed by atoms with Crippen LogP contribution >= 0.6 is 11.6 Å². The summed E-state index contributed by atoms with van der Waals surface area (Å²) < 4.78 is 37.4. The maximum absolute atomic E-state index is 12.5. The Morgan fingerprint density at radius 1 is 1.14 bits per heavy atom. The number of hydrogen-bond donors (Lipinski definition) is 0. The van der Waals surface area contributed by atoms with Gasteiger partial charge in [0.2, 0.25) is 0 Å². The minimum Gasteiger partial charge on any atom is -0.254 e. The molecule has 2 aromatic rings. The fourth-order valence-electron chi connectivity index (χ4n) is 1.63. The quantitative estimate of drug-likeness (QED) is 0.746. The van der Waals surface area contributed by atoms with E-state index in [1.165, 1.54) is 24.4 Å². The van der Waals surface area contributed by atoms with Gasteiger partial charge in [-0.2, -0.15) is 18.4 Å². The number of benzene rings is 1. The molecule has 0 saturated carbocycles. The van der Waals surface area contributed by atoms with Gasteiger partial charge in [-0.25, -0.2) is 0 Å². The molecule has 1 aromatic heterocycles. The molecule has 0 fully saturated rings. The SMILES string of the molecule is N#C/C(=C\c1ccc(C(F)(F)F)cc1)c1ccc(Cl)cn1. The Balaban J connectivity index is 2.33. The topological polar surface area (TPSA) is 36.7 Å². The van der Waals surface area contributed by atoms with Crippen molar-refractivity contribution in [1.29, 1.82) is 5.26 Å². The van der Waals surface area contributed by atoms with E-state index in [0.717, 1.165) is 12.1 Å². The van der Waals surface area contributed by atoms with Gasteiger partial charge in [-0.15, -0.1) is 0 Å². The number of alkyl halides is 3. The molecule has 0 saturated heterocycles. The summed E-state index contributed by atoms with van der Waals surface area (Å²) in [5, 5.41) is 9.56. The van der Waals surface area contributed by atoms with Crippen LogP contribution in [0.4, 0.5) is 13.2 Å². The lowest BCUT2D eigenvalue weighted by Crippen LogP contribution is -2.04. The predicted octanol–water partition coefficient (Wildman–Crippen LogP) is 4.82. The Hall–Kier alpha value is -2.32. The lowest BCUT2D eigenvalue weighted by Gasteiger charge is -2.06. The second-order valence-electron chi connectivity index (χ2n) is 4.15. The highest BCUT2D eigenvalue weighted by Gasteiger charge is 2.29. The van der Waals surface area contributed by atoms with Crippen molar-refractivity contribution in [3.05, 3.63) is 64.4 Å². The van der Waals surface area contributed by atoms with E-state index in [4.69, 9.17) is 16.9 Å². The average molecular weight is 309 g/mol. The van der Waals surface area contributed by atoms with Crippen LogP contribution in [0, 0.1) is 11.3 Å². The molecule has 1 aromatic carbocycles. The molecule has 0 aliphatic rings. The summed E-state index contributed by atoms with van der Waals surface area (Å²) in [5.41, 5.74) is 0.396. The molecule has 106 valence electrons. The monoisotopic (exact) mass is 308 g/mol. The first-order valence-corrected chi connectivity index (χ1v) is 6.19. The van der Waals surface area contributed by atoms with Crippen LogP contribution < -0.4 is 0 Å². The van der Waals surface area contributed by atoms with Gasteiger partial charge >= 0.3 is 6.18 Å². The van der Waals surface area contributed by atoms with Crippen LogP contribution in [0.25, 0.3) is 11.6 Å². The zero-order valence-corrected chi connectivity index (χ0v) is 11.3. The maximum atomic E-state index is 12.5. The number of rotatable bonds is 2. The summed E-state index contributed by atoms with van der Waals surface area (Å²) in [7, 11) is 0. The molecule has 0 unspecified atom stereocenters. The van der Waals surface area contributed by atoms with E-state index in [2.05, 4.69) is 4.98 Å². The van der Waals surface area contributed by atoms with Gasteiger partial charge in [0.05, 0.1) is 21.9 Å². The van der Waals surface area contributed by atoms with E-state index < -0.39 is 11.7 Å². The molecule has 21 heavy (non-hydrogen) atoms. The fourth-order valence-corrected chi connectivity index (χ4v) is 1.75. The summed E-state index contributed by atoms with van der Waals surface area (Å²) in [6.45, 7) is 0. The minimum absolute atomic E-state index is 0.242. The summed E-state index contributed by atoms with van der Waals surface area (Å²) >= 11 is 5.71. The number of pyridine rings is 1. The number of nitrogens with zero attached hydrogens (tertiary/aromatic N) is 2. The zero-order chi connectivity index (χ0) is 15.5. The van der Waals surface area contributed by atoms with Gasteiger partial charge in [0.15, 0.2) is 0 Å². The van der Waals surface area contributed by atoms with E-state index in [-0.39, 0.29) is 5.57 Å². The second-order valence-corrected chi connectivity index (χ2v) is 4.59. The fraction of sp³-hybridized carbons (Fsp3) is 0.0667. The van der Waals surface area contributed by atoms with E-state index in [9.17, 15) is 13.2 Å². The van der Waals surface area contributed by atoms with Crippen LogP contribution in [-0.4, -0.2) is 4.98 Å². The minimum atomic E-state index is -4.38. The maximum Gasteiger partial charge on any atom is 0.416 e. The molecule has 0 amide bonds. The highest BCUT2D eigenvalue weighted by molar-refractivity contribution is 6.30. The van der Waals surface area contributed by atoms with E-state index in [1.807, 2.05) is 6.07 Å². The Labute approximate surface area is 124 Å². The number of allylic oxidation sites excluding steroid dienone is 1. The van der Waals surface area contributed by atoms with E-state index in [1.54, 1.807) is 12.1 Å². The van der Waals surface area contributed by atoms with Crippen LogP contribution in [0.3, 0.4) is 0 Å². The number of nitriles is 1. The molecular formula is C15H8ClF3N2. The smallest absolute Gasteiger partial charge is 0.254 e. The molecule has 0 aliphatic carbocycles. The van der Waals surface area contributed by atoms with Crippen LogP contribution in [-0.2, 0) is 6.18 Å². The Morgan fingerprint density at radius 3 is 2.29 bits per heavy atom. The first kappa shape index (κ1) is 15.1. The van der Waals surface area contributed by atoms with Gasteiger partial charge in [0, 0.05) is 6.20 Å². The largest absolute Gasteiger partial charge is 0.416 e. The van der Waals surface area contributed by atoms with Crippen molar-refractivity contribution in [2.24, 2.45) is 0 Å². The van der Waals surface area contributed by atoms with Crippen molar-refractivity contribution >= 4 is 23.3 Å². The Bertz CT molecular complexity index is 696. The van der Waals surface area contributed by atoms with Crippen molar-refractivity contribution < 1.29 is 13.2 Å². The van der Waals surface area contributed by atoms with Gasteiger partial charge in [0.1, 0.15) is 6.07 Å². The van der Waals surface area contributed by atoms with Crippen molar-refractivity contribution in [2.45, 2.75) is 6.18 Å². The summed E-state index contributed by atoms with van der Waals surface area (Å²) in [6.07, 6.45) is -1.51. The van der Waals surface area contributed by atoms with Gasteiger partial charge < -0.3 is 0 Å². The summed E-state index contributed by atoms with van der Waals surface area (Å²) in [6, 6.07) is 9.66. The average Bonchev–Trinajstić information content (AvgIpc) is 2.45. The van der Waals surface area contributed by atoms with E-state index in [0.29, 0.717) is 16.3 Å². The molecule has 0 N–H and O–H groups in total. The normalized spacial score (nSPS) is 12.0. The molecule has 2 nitrogen and oxygen atoms in total. The van der Waals surface area contributed by atoms with Crippen molar-refractivity contribution in [1.82, 2.24) is 4.98 Å². The van der Waals surface area contributed by atoms with Crippen LogP contribution in [0.5, 0.6) is 0 Å². The van der Waals surface area contributed by atoms with Gasteiger partial charge in [-0.3, -0.25) is 4.98 Å². The Kier molecular flexibility index (Phi) is 4.29. The lowest BCUT2D eigenvalue weighted by atomic mass is 10.1. The third-order valence-electron chi connectivity index (χ3n) is 2.67. The van der Waals surface area contributed by atoms with Gasteiger partial charge in [0.25, 0.3) is 0 Å². The van der Waals surface area contributed by atoms with Crippen LogP contribution in [0.2, 0.25) is 5.02 Å². The molecule has 0 radical (unpaired) electrons. The molecule has 1 heterocycles. The number of halogens is 4. The first-order valence-electron chi connectivity index (χ1n) is 5.81. The molecule has 6 heteroatoms. The summed E-state index contributed by atoms with van der Waals surface area (Å²) in [4.78, 5) is 4.00. The van der Waals surface area contributed by atoms with Crippen molar-refractivity contribution in [3.8, 4) is 6.07 Å². The van der Waals surface area contributed by atoms with Crippen LogP contribution in [0.1, 0.15) is 16.8 Å².